The predicted octanol–water partition coefficient (Wildman–Crippen LogP) is 5.39. The fourth-order valence-electron chi connectivity index (χ4n) is 4.04. The lowest BCUT2D eigenvalue weighted by Gasteiger charge is -2.16. The Morgan fingerprint density at radius 1 is 1.07 bits per heavy atom. The van der Waals surface area contributed by atoms with Crippen molar-refractivity contribution < 1.29 is 4.79 Å². The van der Waals surface area contributed by atoms with Crippen molar-refractivity contribution in [3.63, 3.8) is 0 Å². The first-order chi connectivity index (χ1) is 14.2. The molecular formula is C24H24N4O. The van der Waals surface area contributed by atoms with Gasteiger partial charge in [0.05, 0.1) is 18.3 Å². The van der Waals surface area contributed by atoms with Crippen LogP contribution in [-0.2, 0) is 4.79 Å². The SMILES string of the molecule is [C-]#[N+]c1ccc(-c2ccc(-c3ccnn3[C@@H]3CC[C@H](NC(=O)CC)C3)cc2)cc1. The van der Waals surface area contributed by atoms with Gasteiger partial charge in [-0.15, -0.1) is 0 Å². The number of carbonyl (C=O) groups excluding carboxylic acids is 1. The van der Waals surface area contributed by atoms with Crippen LogP contribution in [0, 0.1) is 6.57 Å². The number of hydrogen-bond donors (Lipinski definition) is 1. The molecule has 1 fully saturated rings. The molecule has 1 aliphatic carbocycles. The van der Waals surface area contributed by atoms with Gasteiger partial charge in [-0.25, -0.2) is 4.85 Å². The van der Waals surface area contributed by atoms with Crippen LogP contribution < -0.4 is 5.32 Å². The summed E-state index contributed by atoms with van der Waals surface area (Å²) in [6.07, 6.45) is 5.32. The molecule has 3 aromatic rings. The Bertz CT molecular complexity index is 1030. The first kappa shape index (κ1) is 18.9. The quantitative estimate of drug-likeness (QED) is 0.600. The molecule has 1 heterocycles. The van der Waals surface area contributed by atoms with Crippen LogP contribution in [0.5, 0.6) is 0 Å². The number of aromatic nitrogens is 2. The molecule has 1 saturated carbocycles. The molecule has 0 bridgehead atoms. The summed E-state index contributed by atoms with van der Waals surface area (Å²) in [5, 5.41) is 7.70. The Labute approximate surface area is 171 Å². The maximum absolute atomic E-state index is 11.7. The van der Waals surface area contributed by atoms with Crippen molar-refractivity contribution >= 4 is 11.6 Å². The minimum absolute atomic E-state index is 0.122. The van der Waals surface area contributed by atoms with E-state index in [1.165, 1.54) is 0 Å². The van der Waals surface area contributed by atoms with Gasteiger partial charge in [-0.3, -0.25) is 9.48 Å². The van der Waals surface area contributed by atoms with E-state index in [-0.39, 0.29) is 11.9 Å². The Kier molecular flexibility index (Phi) is 5.44. The average Bonchev–Trinajstić information content (AvgIpc) is 3.43. The van der Waals surface area contributed by atoms with Crippen LogP contribution in [0.3, 0.4) is 0 Å². The molecule has 1 aliphatic rings. The highest BCUT2D eigenvalue weighted by Crippen LogP contribution is 2.34. The Hall–Kier alpha value is -3.39. The maximum Gasteiger partial charge on any atom is 0.219 e. The summed E-state index contributed by atoms with van der Waals surface area (Å²) in [5.41, 5.74) is 5.11. The monoisotopic (exact) mass is 384 g/mol. The topological polar surface area (TPSA) is 51.3 Å². The molecule has 0 unspecified atom stereocenters. The largest absolute Gasteiger partial charge is 0.353 e. The Morgan fingerprint density at radius 3 is 2.38 bits per heavy atom. The zero-order valence-corrected chi connectivity index (χ0v) is 16.5. The lowest BCUT2D eigenvalue weighted by molar-refractivity contribution is -0.121. The molecule has 1 N–H and O–H groups in total. The van der Waals surface area contributed by atoms with Crippen LogP contribution in [0.15, 0.2) is 60.8 Å². The molecule has 2 atom stereocenters. The third-order valence-corrected chi connectivity index (χ3v) is 5.62. The average molecular weight is 384 g/mol. The van der Waals surface area contributed by atoms with Gasteiger partial charge in [0.2, 0.25) is 5.91 Å². The van der Waals surface area contributed by atoms with E-state index in [0.29, 0.717) is 18.2 Å². The van der Waals surface area contributed by atoms with Gasteiger partial charge >= 0.3 is 0 Å². The van der Waals surface area contributed by atoms with E-state index in [4.69, 9.17) is 6.57 Å². The summed E-state index contributed by atoms with van der Waals surface area (Å²) in [6.45, 7) is 8.95. The smallest absolute Gasteiger partial charge is 0.219 e. The lowest BCUT2D eigenvalue weighted by Crippen LogP contribution is -2.32. The fourth-order valence-corrected chi connectivity index (χ4v) is 4.04. The molecule has 4 rings (SSSR count). The molecule has 0 aliphatic heterocycles. The molecular weight excluding hydrogens is 360 g/mol. The number of amides is 1. The van der Waals surface area contributed by atoms with Gasteiger partial charge in [-0.1, -0.05) is 55.5 Å². The number of benzene rings is 2. The van der Waals surface area contributed by atoms with Gasteiger partial charge in [0.15, 0.2) is 5.69 Å². The van der Waals surface area contributed by atoms with Crippen molar-refractivity contribution in [2.24, 2.45) is 0 Å². The minimum atomic E-state index is 0.122. The number of carbonyl (C=O) groups is 1. The highest BCUT2D eigenvalue weighted by molar-refractivity contribution is 5.75. The van der Waals surface area contributed by atoms with E-state index in [2.05, 4.69) is 50.3 Å². The second-order valence-electron chi connectivity index (χ2n) is 7.48. The van der Waals surface area contributed by atoms with E-state index < -0.39 is 0 Å². The highest BCUT2D eigenvalue weighted by atomic mass is 16.1. The molecule has 1 aromatic heterocycles. The molecule has 2 aromatic carbocycles. The number of hydrogen-bond acceptors (Lipinski definition) is 2. The summed E-state index contributed by atoms with van der Waals surface area (Å²) in [6, 6.07) is 18.7. The standard InChI is InChI=1S/C24H24N4O/c1-3-24(29)27-21-12-13-22(16-21)28-23(14-15-26-28)19-6-4-17(5-7-19)18-8-10-20(25-2)11-9-18/h4-11,14-15,21-22H,3,12-13,16H2,1H3,(H,27,29)/t21-,22+/m0/s1. The van der Waals surface area contributed by atoms with E-state index in [1.54, 1.807) is 0 Å². The predicted molar refractivity (Wildman–Crippen MR) is 114 cm³/mol. The van der Waals surface area contributed by atoms with Crippen LogP contribution >= 0.6 is 0 Å². The lowest BCUT2D eigenvalue weighted by atomic mass is 10.0. The second-order valence-corrected chi connectivity index (χ2v) is 7.48. The van der Waals surface area contributed by atoms with Gasteiger partial charge < -0.3 is 5.32 Å². The second kappa shape index (κ2) is 8.32. The third kappa shape index (κ3) is 4.07. The van der Waals surface area contributed by atoms with Crippen molar-refractivity contribution in [2.45, 2.75) is 44.7 Å². The Morgan fingerprint density at radius 2 is 1.72 bits per heavy atom. The molecule has 0 spiro atoms. The minimum Gasteiger partial charge on any atom is -0.353 e. The first-order valence-corrected chi connectivity index (χ1v) is 10.1. The third-order valence-electron chi connectivity index (χ3n) is 5.62. The van der Waals surface area contributed by atoms with Crippen LogP contribution in [-0.4, -0.2) is 21.7 Å². The van der Waals surface area contributed by atoms with Crippen LogP contribution in [0.25, 0.3) is 27.2 Å². The van der Waals surface area contributed by atoms with Crippen molar-refractivity contribution in [1.29, 1.82) is 0 Å². The van der Waals surface area contributed by atoms with Gasteiger partial charge in [-0.2, -0.15) is 5.10 Å². The molecule has 29 heavy (non-hydrogen) atoms. The van der Waals surface area contributed by atoms with Gasteiger partial charge in [0, 0.05) is 18.7 Å². The van der Waals surface area contributed by atoms with E-state index >= 15 is 0 Å². The van der Waals surface area contributed by atoms with Crippen molar-refractivity contribution in [3.05, 3.63) is 72.2 Å². The fraction of sp³-hybridized carbons (Fsp3) is 0.292. The summed E-state index contributed by atoms with van der Waals surface area (Å²) in [4.78, 5) is 15.1. The van der Waals surface area contributed by atoms with E-state index in [0.717, 1.165) is 41.6 Å². The number of nitrogens with zero attached hydrogens (tertiary/aromatic N) is 3. The summed E-state index contributed by atoms with van der Waals surface area (Å²) in [7, 11) is 0. The maximum atomic E-state index is 11.7. The molecule has 1 amide bonds. The molecule has 5 heteroatoms. The molecule has 0 saturated heterocycles. The van der Waals surface area contributed by atoms with Crippen LogP contribution in [0.2, 0.25) is 0 Å². The van der Waals surface area contributed by atoms with E-state index in [1.807, 2.05) is 37.4 Å². The first-order valence-electron chi connectivity index (χ1n) is 10.1. The van der Waals surface area contributed by atoms with E-state index in [9.17, 15) is 4.79 Å². The van der Waals surface area contributed by atoms with Crippen LogP contribution in [0.4, 0.5) is 5.69 Å². The molecule has 5 nitrogen and oxygen atoms in total. The Balaban J connectivity index is 1.51. The van der Waals surface area contributed by atoms with Crippen molar-refractivity contribution in [1.82, 2.24) is 15.1 Å². The molecule has 146 valence electrons. The van der Waals surface area contributed by atoms with Gasteiger partial charge in [-0.05, 0) is 42.0 Å². The number of rotatable bonds is 5. The van der Waals surface area contributed by atoms with Crippen molar-refractivity contribution in [2.75, 3.05) is 0 Å². The molecule has 0 radical (unpaired) electrons. The summed E-state index contributed by atoms with van der Waals surface area (Å²) < 4.78 is 2.11. The summed E-state index contributed by atoms with van der Waals surface area (Å²) in [5.74, 6) is 0.122. The highest BCUT2D eigenvalue weighted by Gasteiger charge is 2.28. The summed E-state index contributed by atoms with van der Waals surface area (Å²) >= 11 is 0. The van der Waals surface area contributed by atoms with Gasteiger partial charge in [0.25, 0.3) is 0 Å². The normalized spacial score (nSPS) is 18.3. The van der Waals surface area contributed by atoms with Gasteiger partial charge in [0.1, 0.15) is 0 Å². The van der Waals surface area contributed by atoms with Crippen LogP contribution in [0.1, 0.15) is 38.6 Å². The zero-order valence-electron chi connectivity index (χ0n) is 16.5. The zero-order chi connectivity index (χ0) is 20.2. The number of nitrogens with one attached hydrogen (secondary N) is 1. The van der Waals surface area contributed by atoms with Crippen molar-refractivity contribution in [3.8, 4) is 22.4 Å².